The van der Waals surface area contributed by atoms with E-state index in [0.29, 0.717) is 5.92 Å². The summed E-state index contributed by atoms with van der Waals surface area (Å²) in [7, 11) is 0. The molecule has 0 spiro atoms. The van der Waals surface area contributed by atoms with Crippen LogP contribution in [0.25, 0.3) is 0 Å². The molecule has 1 heteroatoms. The molecule has 0 fully saturated rings. The van der Waals surface area contributed by atoms with Crippen LogP contribution in [0, 0.1) is 22.5 Å². The average molecular weight is 182 g/mol. The SMILES string of the molecule is C=C(C)C(C)(C)CC(C)C#CS. The van der Waals surface area contributed by atoms with Crippen molar-refractivity contribution in [1.29, 1.82) is 0 Å². The predicted molar refractivity (Wildman–Crippen MR) is 59.1 cm³/mol. The lowest BCUT2D eigenvalue weighted by molar-refractivity contribution is 0.369. The van der Waals surface area contributed by atoms with Gasteiger partial charge in [-0.2, -0.15) is 0 Å². The summed E-state index contributed by atoms with van der Waals surface area (Å²) in [5.41, 5.74) is 1.41. The van der Waals surface area contributed by atoms with Crippen molar-refractivity contribution in [2.75, 3.05) is 0 Å². The van der Waals surface area contributed by atoms with Crippen molar-refractivity contribution >= 4 is 12.6 Å². The Balaban J connectivity index is 4.21. The van der Waals surface area contributed by atoms with Crippen LogP contribution >= 0.6 is 12.6 Å². The van der Waals surface area contributed by atoms with E-state index in [-0.39, 0.29) is 5.41 Å². The topological polar surface area (TPSA) is 0 Å². The Morgan fingerprint density at radius 3 is 2.42 bits per heavy atom. The molecule has 0 aromatic heterocycles. The molecule has 0 nitrogen and oxygen atoms in total. The molecule has 0 rings (SSSR count). The molecule has 1 unspecified atom stereocenters. The first-order valence-corrected chi connectivity index (χ1v) is 4.65. The van der Waals surface area contributed by atoms with E-state index >= 15 is 0 Å². The molecule has 12 heavy (non-hydrogen) atoms. The minimum absolute atomic E-state index is 0.192. The summed E-state index contributed by atoms with van der Waals surface area (Å²) in [6.45, 7) is 12.6. The van der Waals surface area contributed by atoms with E-state index in [2.05, 4.69) is 58.1 Å². The van der Waals surface area contributed by atoms with Gasteiger partial charge in [0.25, 0.3) is 0 Å². The second kappa shape index (κ2) is 4.62. The fourth-order valence-electron chi connectivity index (χ4n) is 1.10. The number of allylic oxidation sites excluding steroid dienone is 1. The summed E-state index contributed by atoms with van der Waals surface area (Å²) < 4.78 is 0. The van der Waals surface area contributed by atoms with Crippen molar-refractivity contribution in [3.8, 4) is 11.2 Å². The van der Waals surface area contributed by atoms with Gasteiger partial charge in [-0.3, -0.25) is 0 Å². The van der Waals surface area contributed by atoms with Crippen molar-refractivity contribution in [2.45, 2.75) is 34.1 Å². The summed E-state index contributed by atoms with van der Waals surface area (Å²) in [6.07, 6.45) is 1.05. The Kier molecular flexibility index (Phi) is 4.49. The lowest BCUT2D eigenvalue weighted by Gasteiger charge is -2.26. The molecule has 0 saturated heterocycles. The van der Waals surface area contributed by atoms with Gasteiger partial charge in [0.15, 0.2) is 0 Å². The molecule has 0 aliphatic rings. The molecule has 0 saturated carbocycles. The predicted octanol–water partition coefficient (Wildman–Crippen LogP) is 3.51. The average Bonchev–Trinajstić information content (AvgIpc) is 1.85. The van der Waals surface area contributed by atoms with E-state index in [9.17, 15) is 0 Å². The van der Waals surface area contributed by atoms with Crippen LogP contribution in [0.15, 0.2) is 12.2 Å². The van der Waals surface area contributed by atoms with Crippen LogP contribution in [0.3, 0.4) is 0 Å². The van der Waals surface area contributed by atoms with Crippen molar-refractivity contribution in [2.24, 2.45) is 11.3 Å². The molecule has 0 bridgehead atoms. The fourth-order valence-corrected chi connectivity index (χ4v) is 1.32. The van der Waals surface area contributed by atoms with Crippen molar-refractivity contribution in [1.82, 2.24) is 0 Å². The third kappa shape index (κ3) is 3.88. The molecule has 0 aromatic carbocycles. The first-order valence-electron chi connectivity index (χ1n) is 4.20. The van der Waals surface area contributed by atoms with Crippen LogP contribution in [0.4, 0.5) is 0 Å². The largest absolute Gasteiger partial charge is 0.0996 e. The van der Waals surface area contributed by atoms with Gasteiger partial charge in [-0.05, 0) is 24.0 Å². The van der Waals surface area contributed by atoms with E-state index in [1.807, 2.05) is 0 Å². The Labute approximate surface area is 81.9 Å². The third-order valence-electron chi connectivity index (χ3n) is 2.28. The highest BCUT2D eigenvalue weighted by molar-refractivity contribution is 7.85. The van der Waals surface area contributed by atoms with Gasteiger partial charge >= 0.3 is 0 Å². The summed E-state index contributed by atoms with van der Waals surface area (Å²) in [6, 6.07) is 0. The van der Waals surface area contributed by atoms with Gasteiger partial charge in [-0.15, -0.1) is 0 Å². The van der Waals surface area contributed by atoms with Gasteiger partial charge < -0.3 is 0 Å². The number of hydrogen-bond acceptors (Lipinski definition) is 1. The number of hydrogen-bond donors (Lipinski definition) is 1. The molecule has 0 amide bonds. The van der Waals surface area contributed by atoms with Crippen LogP contribution in [0.1, 0.15) is 34.1 Å². The molecule has 0 aliphatic heterocycles. The van der Waals surface area contributed by atoms with Crippen LogP contribution in [0.5, 0.6) is 0 Å². The highest BCUT2D eigenvalue weighted by atomic mass is 32.1. The third-order valence-corrected chi connectivity index (χ3v) is 2.41. The summed E-state index contributed by atoms with van der Waals surface area (Å²) >= 11 is 3.88. The second-order valence-corrected chi connectivity index (χ2v) is 4.25. The molecule has 0 radical (unpaired) electrons. The van der Waals surface area contributed by atoms with Gasteiger partial charge in [0.2, 0.25) is 0 Å². The first kappa shape index (κ1) is 11.6. The summed E-state index contributed by atoms with van der Waals surface area (Å²) in [5.74, 6) is 3.43. The van der Waals surface area contributed by atoms with E-state index in [1.54, 1.807) is 0 Å². The zero-order valence-electron chi connectivity index (χ0n) is 8.44. The standard InChI is InChI=1S/C11H18S/c1-9(2)11(4,5)8-10(3)6-7-12/h10,12H,1,8H2,2-5H3. The zero-order chi connectivity index (χ0) is 9.78. The molecule has 0 aliphatic carbocycles. The Morgan fingerprint density at radius 1 is 1.58 bits per heavy atom. The smallest absolute Gasteiger partial charge is 0.0191 e. The van der Waals surface area contributed by atoms with E-state index in [4.69, 9.17) is 0 Å². The van der Waals surface area contributed by atoms with Crippen LogP contribution in [0.2, 0.25) is 0 Å². The number of thiol groups is 1. The van der Waals surface area contributed by atoms with Crippen molar-refractivity contribution < 1.29 is 0 Å². The minimum Gasteiger partial charge on any atom is -0.0996 e. The molecular formula is C11H18S. The quantitative estimate of drug-likeness (QED) is 0.385. The van der Waals surface area contributed by atoms with Gasteiger partial charge in [0, 0.05) is 5.92 Å². The highest BCUT2D eigenvalue weighted by Gasteiger charge is 2.20. The zero-order valence-corrected chi connectivity index (χ0v) is 9.33. The molecule has 1 atom stereocenters. The van der Waals surface area contributed by atoms with Gasteiger partial charge in [0.1, 0.15) is 0 Å². The number of rotatable bonds is 3. The lowest BCUT2D eigenvalue weighted by atomic mass is 9.78. The maximum Gasteiger partial charge on any atom is 0.0191 e. The monoisotopic (exact) mass is 182 g/mol. The maximum atomic E-state index is 3.97. The first-order chi connectivity index (χ1) is 5.40. The van der Waals surface area contributed by atoms with Gasteiger partial charge in [0.05, 0.1) is 0 Å². The highest BCUT2D eigenvalue weighted by Crippen LogP contribution is 2.31. The fraction of sp³-hybridized carbons (Fsp3) is 0.636. The van der Waals surface area contributed by atoms with Gasteiger partial charge in [-0.1, -0.05) is 51.5 Å². The molecular weight excluding hydrogens is 164 g/mol. The molecule has 0 heterocycles. The maximum absolute atomic E-state index is 3.97. The van der Waals surface area contributed by atoms with E-state index in [1.165, 1.54) is 5.57 Å². The molecule has 0 aromatic rings. The van der Waals surface area contributed by atoms with E-state index in [0.717, 1.165) is 6.42 Å². The Hall–Kier alpha value is -0.350. The van der Waals surface area contributed by atoms with Crippen molar-refractivity contribution in [3.05, 3.63) is 12.2 Å². The molecule has 68 valence electrons. The summed E-state index contributed by atoms with van der Waals surface area (Å²) in [4.78, 5) is 0. The van der Waals surface area contributed by atoms with Crippen LogP contribution < -0.4 is 0 Å². The lowest BCUT2D eigenvalue weighted by Crippen LogP contribution is -2.15. The van der Waals surface area contributed by atoms with Crippen LogP contribution in [-0.2, 0) is 0 Å². The van der Waals surface area contributed by atoms with Gasteiger partial charge in [-0.25, -0.2) is 0 Å². The Morgan fingerprint density at radius 2 is 2.08 bits per heavy atom. The minimum atomic E-state index is 0.192. The summed E-state index contributed by atoms with van der Waals surface area (Å²) in [5, 5.41) is 2.64. The van der Waals surface area contributed by atoms with Crippen molar-refractivity contribution in [3.63, 3.8) is 0 Å². The Bertz CT molecular complexity index is 215. The van der Waals surface area contributed by atoms with Crippen LogP contribution in [-0.4, -0.2) is 0 Å². The second-order valence-electron chi connectivity index (χ2n) is 4.03. The normalized spacial score (nSPS) is 13.1. The van der Waals surface area contributed by atoms with E-state index < -0.39 is 0 Å². The molecule has 0 N–H and O–H groups in total.